The molecule has 9 nitrogen and oxygen atoms in total. The number of allylic oxidation sites excluding steroid dienone is 7. The molecule has 0 bridgehead atoms. The summed E-state index contributed by atoms with van der Waals surface area (Å²) in [5.74, 6) is -0.937. The summed E-state index contributed by atoms with van der Waals surface area (Å²) in [6, 6.07) is -1.46. The molecule has 28 heavy (non-hydrogen) atoms. The Morgan fingerprint density at radius 2 is 1.79 bits per heavy atom. The van der Waals surface area contributed by atoms with Gasteiger partial charge in [-0.25, -0.2) is 4.79 Å². The van der Waals surface area contributed by atoms with Crippen LogP contribution in [0, 0.1) is 0 Å². The Labute approximate surface area is 161 Å². The topological polar surface area (TPSA) is 145 Å². The molecule has 0 aromatic heterocycles. The van der Waals surface area contributed by atoms with Crippen molar-refractivity contribution in [1.82, 2.24) is 10.6 Å². The van der Waals surface area contributed by atoms with Crippen LogP contribution in [0.15, 0.2) is 58.9 Å². The highest BCUT2D eigenvalue weighted by Gasteiger charge is 2.28. The molecule has 0 fully saturated rings. The van der Waals surface area contributed by atoms with Gasteiger partial charge in [-0.1, -0.05) is 24.3 Å². The molecule has 5 N–H and O–H groups in total. The first-order valence-electron chi connectivity index (χ1n) is 8.57. The van der Waals surface area contributed by atoms with Gasteiger partial charge in [0.2, 0.25) is 19.1 Å². The zero-order valence-corrected chi connectivity index (χ0v) is 14.9. The van der Waals surface area contributed by atoms with Crippen molar-refractivity contribution in [2.45, 2.75) is 31.3 Å². The van der Waals surface area contributed by atoms with Gasteiger partial charge in [0.25, 0.3) is 0 Å². The van der Waals surface area contributed by atoms with Crippen LogP contribution in [0.2, 0.25) is 0 Å². The Kier molecular flexibility index (Phi) is 7.73. The van der Waals surface area contributed by atoms with E-state index in [1.54, 1.807) is 30.4 Å². The van der Waals surface area contributed by atoms with Gasteiger partial charge in [-0.3, -0.25) is 9.59 Å². The second kappa shape index (κ2) is 10.2. The molecular formula is C19H22N2O7. The van der Waals surface area contributed by atoms with E-state index in [9.17, 15) is 24.6 Å². The molecule has 0 heterocycles. The fourth-order valence-corrected chi connectivity index (χ4v) is 2.83. The van der Waals surface area contributed by atoms with Crippen molar-refractivity contribution in [2.75, 3.05) is 6.54 Å². The third kappa shape index (κ3) is 5.66. The fraction of sp³-hybridized carbons (Fsp3) is 0.316. The third-order valence-electron chi connectivity index (χ3n) is 4.16. The van der Waals surface area contributed by atoms with Gasteiger partial charge in [0.1, 0.15) is 11.9 Å². The van der Waals surface area contributed by atoms with Crippen LogP contribution in [-0.4, -0.2) is 59.1 Å². The van der Waals surface area contributed by atoms with Gasteiger partial charge >= 0.3 is 5.97 Å². The van der Waals surface area contributed by atoms with E-state index in [0.717, 1.165) is 11.1 Å². The molecule has 2 amide bonds. The SMILES string of the molecule is O=CNCC(O)OC1=CC(=C2C=C(C(O)C(NC=O)C(=O)O)C=CC2)CC=C1. The lowest BCUT2D eigenvalue weighted by Gasteiger charge is -2.23. The maximum absolute atomic E-state index is 11.2. The normalized spacial score (nSPS) is 21.6. The Morgan fingerprint density at radius 1 is 1.11 bits per heavy atom. The van der Waals surface area contributed by atoms with Crippen LogP contribution in [0.5, 0.6) is 0 Å². The summed E-state index contributed by atoms with van der Waals surface area (Å²) in [5, 5.41) is 33.6. The van der Waals surface area contributed by atoms with Crippen LogP contribution in [-0.2, 0) is 19.1 Å². The van der Waals surface area contributed by atoms with Crippen LogP contribution in [0.3, 0.4) is 0 Å². The zero-order chi connectivity index (χ0) is 20.5. The lowest BCUT2D eigenvalue weighted by atomic mass is 9.90. The van der Waals surface area contributed by atoms with Gasteiger partial charge in [0.15, 0.2) is 6.04 Å². The number of amides is 2. The number of hydrogen-bond acceptors (Lipinski definition) is 6. The number of aliphatic hydroxyl groups excluding tert-OH is 2. The number of carbonyl (C=O) groups excluding carboxylic acids is 2. The third-order valence-corrected chi connectivity index (χ3v) is 4.16. The van der Waals surface area contributed by atoms with Gasteiger partial charge in [-0.05, 0) is 41.7 Å². The summed E-state index contributed by atoms with van der Waals surface area (Å²) in [7, 11) is 0. The van der Waals surface area contributed by atoms with Crippen LogP contribution in [0.4, 0.5) is 0 Å². The predicted octanol–water partition coefficient (Wildman–Crippen LogP) is -0.346. The summed E-state index contributed by atoms with van der Waals surface area (Å²) in [4.78, 5) is 32.1. The van der Waals surface area contributed by atoms with Gasteiger partial charge in [0, 0.05) is 0 Å². The van der Waals surface area contributed by atoms with Gasteiger partial charge in [-0.15, -0.1) is 0 Å². The lowest BCUT2D eigenvalue weighted by molar-refractivity contribution is -0.143. The molecule has 3 unspecified atom stereocenters. The summed E-state index contributed by atoms with van der Waals surface area (Å²) in [6.45, 7) is -0.0557. The number of hydrogen-bond donors (Lipinski definition) is 5. The van der Waals surface area contributed by atoms with Crippen molar-refractivity contribution in [3.63, 3.8) is 0 Å². The molecule has 0 spiro atoms. The highest BCUT2D eigenvalue weighted by molar-refractivity contribution is 5.78. The molecule has 2 aliphatic rings. The Morgan fingerprint density at radius 3 is 2.43 bits per heavy atom. The standard InChI is InChI=1S/C19H22N2O7/c22-10-20-9-16(24)28-15-6-2-4-13(8-15)12-3-1-5-14(7-12)18(25)17(19(26)27)21-11-23/h1-2,5-8,10-11,16-18,24-25H,3-4,9H2,(H,20,22)(H,21,23)(H,26,27). The van der Waals surface area contributed by atoms with Crippen LogP contribution in [0.25, 0.3) is 0 Å². The number of nitrogens with one attached hydrogen (secondary N) is 2. The lowest BCUT2D eigenvalue weighted by Crippen LogP contribution is -2.46. The number of carboxylic acid groups (broad SMARTS) is 1. The Bertz CT molecular complexity index is 764. The van der Waals surface area contributed by atoms with Crippen molar-refractivity contribution in [3.05, 3.63) is 58.9 Å². The van der Waals surface area contributed by atoms with E-state index >= 15 is 0 Å². The van der Waals surface area contributed by atoms with E-state index in [2.05, 4.69) is 10.6 Å². The van der Waals surface area contributed by atoms with Crippen LogP contribution < -0.4 is 10.6 Å². The minimum Gasteiger partial charge on any atom is -0.480 e. The molecule has 9 heteroatoms. The summed E-state index contributed by atoms with van der Waals surface area (Å²) < 4.78 is 5.35. The first kappa shape index (κ1) is 21.1. The highest BCUT2D eigenvalue weighted by Crippen LogP contribution is 2.28. The molecule has 0 radical (unpaired) electrons. The average Bonchev–Trinajstić information content (AvgIpc) is 2.70. The number of ether oxygens (including phenoxy) is 1. The zero-order valence-electron chi connectivity index (χ0n) is 14.9. The van der Waals surface area contributed by atoms with E-state index < -0.39 is 24.4 Å². The molecule has 3 atom stereocenters. The Hall–Kier alpha value is -3.17. The monoisotopic (exact) mass is 390 g/mol. The van der Waals surface area contributed by atoms with E-state index in [1.165, 1.54) is 0 Å². The van der Waals surface area contributed by atoms with Crippen molar-refractivity contribution >= 4 is 18.8 Å². The smallest absolute Gasteiger partial charge is 0.329 e. The maximum Gasteiger partial charge on any atom is 0.329 e. The van der Waals surface area contributed by atoms with Gasteiger partial charge in [0.05, 0.1) is 6.54 Å². The Balaban J connectivity index is 2.20. The first-order valence-corrected chi connectivity index (χ1v) is 8.57. The average molecular weight is 390 g/mol. The van der Waals surface area contributed by atoms with E-state index in [0.29, 0.717) is 30.6 Å². The summed E-state index contributed by atoms with van der Waals surface area (Å²) >= 11 is 0. The second-order valence-electron chi connectivity index (χ2n) is 6.10. The molecular weight excluding hydrogens is 368 g/mol. The van der Waals surface area contributed by atoms with Crippen molar-refractivity contribution in [3.8, 4) is 0 Å². The van der Waals surface area contributed by atoms with Crippen molar-refractivity contribution in [1.29, 1.82) is 0 Å². The van der Waals surface area contributed by atoms with Crippen LogP contribution >= 0.6 is 0 Å². The van der Waals surface area contributed by atoms with Crippen molar-refractivity contribution in [2.24, 2.45) is 0 Å². The molecule has 0 aliphatic heterocycles. The molecule has 2 aliphatic carbocycles. The number of aliphatic carboxylic acids is 1. The largest absolute Gasteiger partial charge is 0.480 e. The quantitative estimate of drug-likeness (QED) is 0.253. The van der Waals surface area contributed by atoms with Gasteiger partial charge in [-0.2, -0.15) is 0 Å². The highest BCUT2D eigenvalue weighted by atomic mass is 16.6. The number of carboxylic acids is 1. The minimum absolute atomic E-state index is 0.0557. The van der Waals surface area contributed by atoms with E-state index in [4.69, 9.17) is 9.84 Å². The summed E-state index contributed by atoms with van der Waals surface area (Å²) in [6.07, 6.45) is 9.59. The molecule has 0 aromatic carbocycles. The maximum atomic E-state index is 11.2. The van der Waals surface area contributed by atoms with Gasteiger partial charge < -0.3 is 30.7 Å². The van der Waals surface area contributed by atoms with E-state index in [1.807, 2.05) is 6.08 Å². The number of rotatable bonds is 10. The molecule has 2 rings (SSSR count). The van der Waals surface area contributed by atoms with E-state index in [-0.39, 0.29) is 13.0 Å². The molecule has 0 saturated carbocycles. The van der Waals surface area contributed by atoms with Crippen molar-refractivity contribution < 1.29 is 34.4 Å². The molecule has 150 valence electrons. The minimum atomic E-state index is -1.46. The summed E-state index contributed by atoms with van der Waals surface area (Å²) in [5.41, 5.74) is 2.08. The molecule has 0 saturated heterocycles. The number of aliphatic hydroxyl groups is 2. The second-order valence-corrected chi connectivity index (χ2v) is 6.10. The first-order chi connectivity index (χ1) is 13.5. The fourth-order valence-electron chi connectivity index (χ4n) is 2.83. The van der Waals surface area contributed by atoms with Crippen LogP contribution in [0.1, 0.15) is 12.8 Å². The predicted molar refractivity (Wildman–Crippen MR) is 98.5 cm³/mol. The molecule has 0 aromatic rings. The number of carbonyl (C=O) groups is 3.